The highest BCUT2D eigenvalue weighted by atomic mass is 79.9. The molecule has 3 aromatic carbocycles. The summed E-state index contributed by atoms with van der Waals surface area (Å²) in [7, 11) is 0. The molecule has 1 aliphatic rings. The van der Waals surface area contributed by atoms with Gasteiger partial charge in [0, 0.05) is 0 Å². The summed E-state index contributed by atoms with van der Waals surface area (Å²) >= 11 is 3.61. The number of nitrogens with zero attached hydrogens (tertiary/aromatic N) is 2. The van der Waals surface area contributed by atoms with E-state index < -0.39 is 0 Å². The van der Waals surface area contributed by atoms with Crippen molar-refractivity contribution in [3.8, 4) is 11.5 Å². The van der Waals surface area contributed by atoms with Crippen LogP contribution in [0.15, 0.2) is 87.9 Å². The minimum atomic E-state index is -0.160. The summed E-state index contributed by atoms with van der Waals surface area (Å²) in [6.07, 6.45) is 1.83. The van der Waals surface area contributed by atoms with Crippen LogP contribution in [-0.4, -0.2) is 18.2 Å². The first kappa shape index (κ1) is 21.8. The van der Waals surface area contributed by atoms with E-state index in [9.17, 15) is 4.79 Å². The predicted molar refractivity (Wildman–Crippen MR) is 131 cm³/mol. The number of carbonyl (C=O) groups excluding carboxylic acids is 1. The first-order chi connectivity index (χ1) is 15.6. The largest absolute Gasteiger partial charge is 0.490 e. The van der Waals surface area contributed by atoms with E-state index in [0.717, 1.165) is 21.3 Å². The second-order valence-corrected chi connectivity index (χ2v) is 8.09. The molecular weight excluding hydrogens is 468 g/mol. The lowest BCUT2D eigenvalue weighted by molar-refractivity contribution is -0.114. The first-order valence-corrected chi connectivity index (χ1v) is 11.2. The van der Waals surface area contributed by atoms with Crippen LogP contribution in [0.25, 0.3) is 6.08 Å². The molecule has 6 heteroatoms. The number of rotatable bonds is 7. The van der Waals surface area contributed by atoms with Crippen LogP contribution in [-0.2, 0) is 11.4 Å². The summed E-state index contributed by atoms with van der Waals surface area (Å²) in [5, 5.41) is 5.87. The maximum absolute atomic E-state index is 13.0. The second kappa shape index (κ2) is 9.83. The zero-order valence-electron chi connectivity index (χ0n) is 17.9. The van der Waals surface area contributed by atoms with E-state index in [-0.39, 0.29) is 5.91 Å². The number of halogens is 1. The molecule has 0 radical (unpaired) electrons. The molecule has 162 valence electrons. The van der Waals surface area contributed by atoms with Gasteiger partial charge in [0.1, 0.15) is 6.61 Å². The van der Waals surface area contributed by atoms with E-state index in [0.29, 0.717) is 36.0 Å². The Labute approximate surface area is 196 Å². The van der Waals surface area contributed by atoms with E-state index in [2.05, 4.69) is 21.0 Å². The Balaban J connectivity index is 1.62. The third-order valence-corrected chi connectivity index (χ3v) is 5.52. The molecule has 32 heavy (non-hydrogen) atoms. The average molecular weight is 491 g/mol. The lowest BCUT2D eigenvalue weighted by Crippen LogP contribution is -2.21. The van der Waals surface area contributed by atoms with Crippen LogP contribution < -0.4 is 14.5 Å². The normalized spacial score (nSPS) is 14.6. The van der Waals surface area contributed by atoms with Gasteiger partial charge in [-0.1, -0.05) is 48.5 Å². The molecule has 1 amide bonds. The fourth-order valence-corrected chi connectivity index (χ4v) is 3.97. The standard InChI is InChI=1S/C26H23BrN2O3/c1-3-31-24-16-20(15-23(27)25(24)32-17-19-10-6-4-7-11-19)14-22-18(2)28-29(26(22)30)21-12-8-5-9-13-21/h4-16H,3,17H2,1-2H3. The van der Waals surface area contributed by atoms with Crippen molar-refractivity contribution >= 4 is 39.3 Å². The number of anilines is 1. The Kier molecular flexibility index (Phi) is 6.71. The van der Waals surface area contributed by atoms with Crippen molar-refractivity contribution in [2.24, 2.45) is 5.10 Å². The lowest BCUT2D eigenvalue weighted by atomic mass is 10.1. The number of amides is 1. The molecule has 0 fully saturated rings. The molecule has 1 heterocycles. The molecule has 0 spiro atoms. The minimum absolute atomic E-state index is 0.160. The quantitative estimate of drug-likeness (QED) is 0.368. The Morgan fingerprint density at radius 2 is 1.69 bits per heavy atom. The van der Waals surface area contributed by atoms with Crippen LogP contribution >= 0.6 is 15.9 Å². The number of hydrazone groups is 1. The summed E-state index contributed by atoms with van der Waals surface area (Å²) in [5.74, 6) is 1.09. The first-order valence-electron chi connectivity index (χ1n) is 10.4. The molecule has 0 saturated heterocycles. The van der Waals surface area contributed by atoms with Crippen molar-refractivity contribution in [2.75, 3.05) is 11.6 Å². The van der Waals surface area contributed by atoms with Gasteiger partial charge in [0.25, 0.3) is 5.91 Å². The number of carbonyl (C=O) groups is 1. The van der Waals surface area contributed by atoms with E-state index >= 15 is 0 Å². The van der Waals surface area contributed by atoms with Gasteiger partial charge in [0.05, 0.1) is 28.1 Å². The van der Waals surface area contributed by atoms with Gasteiger partial charge in [-0.15, -0.1) is 0 Å². The number of benzene rings is 3. The Hall–Kier alpha value is -3.38. The monoisotopic (exact) mass is 490 g/mol. The van der Waals surface area contributed by atoms with Gasteiger partial charge in [-0.2, -0.15) is 10.1 Å². The van der Waals surface area contributed by atoms with Crippen LogP contribution in [0.3, 0.4) is 0 Å². The van der Waals surface area contributed by atoms with Crippen LogP contribution in [0, 0.1) is 0 Å². The Morgan fingerprint density at radius 1 is 1.00 bits per heavy atom. The molecule has 1 aliphatic heterocycles. The molecule has 5 nitrogen and oxygen atoms in total. The highest BCUT2D eigenvalue weighted by Crippen LogP contribution is 2.38. The zero-order chi connectivity index (χ0) is 22.5. The molecule has 0 aliphatic carbocycles. The maximum atomic E-state index is 13.0. The smallest absolute Gasteiger partial charge is 0.280 e. The third-order valence-electron chi connectivity index (χ3n) is 4.93. The molecule has 0 unspecified atom stereocenters. The van der Waals surface area contributed by atoms with Crippen molar-refractivity contribution in [1.82, 2.24) is 0 Å². The predicted octanol–water partition coefficient (Wildman–Crippen LogP) is 6.23. The number of ether oxygens (including phenoxy) is 2. The highest BCUT2D eigenvalue weighted by Gasteiger charge is 2.28. The van der Waals surface area contributed by atoms with Gasteiger partial charge in [-0.05, 0) is 71.2 Å². The van der Waals surface area contributed by atoms with Crippen LogP contribution in [0.1, 0.15) is 25.0 Å². The molecule has 0 bridgehead atoms. The summed E-state index contributed by atoms with van der Waals surface area (Å²) < 4.78 is 12.7. The highest BCUT2D eigenvalue weighted by molar-refractivity contribution is 9.10. The Bertz CT molecular complexity index is 1170. The number of para-hydroxylation sites is 1. The van der Waals surface area contributed by atoms with E-state index in [1.807, 2.05) is 92.7 Å². The van der Waals surface area contributed by atoms with Gasteiger partial charge in [-0.3, -0.25) is 4.79 Å². The fraction of sp³-hybridized carbons (Fsp3) is 0.154. The van der Waals surface area contributed by atoms with Crippen molar-refractivity contribution in [3.63, 3.8) is 0 Å². The Morgan fingerprint density at radius 3 is 2.38 bits per heavy atom. The second-order valence-electron chi connectivity index (χ2n) is 7.23. The van der Waals surface area contributed by atoms with E-state index in [1.54, 1.807) is 0 Å². The average Bonchev–Trinajstić information content (AvgIpc) is 3.08. The molecule has 0 aromatic heterocycles. The van der Waals surface area contributed by atoms with Gasteiger partial charge in [-0.25, -0.2) is 0 Å². The van der Waals surface area contributed by atoms with Gasteiger partial charge in [0.15, 0.2) is 11.5 Å². The molecule has 0 saturated carbocycles. The maximum Gasteiger partial charge on any atom is 0.280 e. The topological polar surface area (TPSA) is 51.1 Å². The van der Waals surface area contributed by atoms with E-state index in [1.165, 1.54) is 5.01 Å². The molecule has 0 N–H and O–H groups in total. The van der Waals surface area contributed by atoms with Crippen molar-refractivity contribution in [2.45, 2.75) is 20.5 Å². The summed E-state index contributed by atoms with van der Waals surface area (Å²) in [6.45, 7) is 4.68. The van der Waals surface area contributed by atoms with Crippen molar-refractivity contribution < 1.29 is 14.3 Å². The van der Waals surface area contributed by atoms with Crippen LogP contribution in [0.5, 0.6) is 11.5 Å². The fourth-order valence-electron chi connectivity index (χ4n) is 3.40. The lowest BCUT2D eigenvalue weighted by Gasteiger charge is -2.15. The van der Waals surface area contributed by atoms with Crippen LogP contribution in [0.4, 0.5) is 5.69 Å². The van der Waals surface area contributed by atoms with E-state index in [4.69, 9.17) is 9.47 Å². The minimum Gasteiger partial charge on any atom is -0.490 e. The van der Waals surface area contributed by atoms with Crippen molar-refractivity contribution in [3.05, 3.63) is 94.0 Å². The molecule has 3 aromatic rings. The zero-order valence-corrected chi connectivity index (χ0v) is 19.5. The molecule has 4 rings (SSSR count). The van der Waals surface area contributed by atoms with Gasteiger partial charge >= 0.3 is 0 Å². The third kappa shape index (κ3) is 4.75. The molecular formula is C26H23BrN2O3. The van der Waals surface area contributed by atoms with Gasteiger partial charge < -0.3 is 9.47 Å². The summed E-state index contributed by atoms with van der Waals surface area (Å²) in [5.41, 5.74) is 3.83. The van der Waals surface area contributed by atoms with Crippen LogP contribution in [0.2, 0.25) is 0 Å². The summed E-state index contributed by atoms with van der Waals surface area (Å²) in [4.78, 5) is 13.0. The molecule has 0 atom stereocenters. The number of hydrogen-bond donors (Lipinski definition) is 0. The van der Waals surface area contributed by atoms with Gasteiger partial charge in [0.2, 0.25) is 0 Å². The SMILES string of the molecule is CCOc1cc(C=C2C(=O)N(c3ccccc3)N=C2C)cc(Br)c1OCc1ccccc1. The van der Waals surface area contributed by atoms with Crippen molar-refractivity contribution in [1.29, 1.82) is 0 Å². The number of hydrogen-bond acceptors (Lipinski definition) is 4. The summed E-state index contributed by atoms with van der Waals surface area (Å²) in [6, 6.07) is 23.2.